The maximum atomic E-state index is 5.82. The second-order valence-corrected chi connectivity index (χ2v) is 6.07. The maximum Gasteiger partial charge on any atom is 0.213 e. The summed E-state index contributed by atoms with van der Waals surface area (Å²) in [6.45, 7) is 6.56. The molecule has 2 rings (SSSR count). The molecular formula is C16H27IN4O. The number of nitrogens with zero attached hydrogens (tertiary/aromatic N) is 2. The number of nitrogens with one attached hydrogen (secondary N) is 1. The van der Waals surface area contributed by atoms with Crippen LogP contribution in [0.2, 0.25) is 0 Å². The van der Waals surface area contributed by atoms with Gasteiger partial charge in [-0.3, -0.25) is 0 Å². The molecule has 1 saturated carbocycles. The first kappa shape index (κ1) is 19.0. The first-order chi connectivity index (χ1) is 10.1. The Hall–Kier alpha value is -1.05. The van der Waals surface area contributed by atoms with Crippen LogP contribution in [0.15, 0.2) is 23.3 Å². The lowest BCUT2D eigenvalue weighted by atomic mass is 10.1. The number of guanidine groups is 1. The van der Waals surface area contributed by atoms with Crippen molar-refractivity contribution in [3.63, 3.8) is 0 Å². The van der Waals surface area contributed by atoms with Gasteiger partial charge in [-0.25, -0.2) is 9.98 Å². The normalized spacial score (nSPS) is 14.6. The summed E-state index contributed by atoms with van der Waals surface area (Å²) in [5.41, 5.74) is 6.85. The van der Waals surface area contributed by atoms with Crippen LogP contribution in [0.1, 0.15) is 38.7 Å². The average molecular weight is 418 g/mol. The van der Waals surface area contributed by atoms with Crippen LogP contribution in [-0.2, 0) is 6.54 Å². The van der Waals surface area contributed by atoms with E-state index < -0.39 is 0 Å². The Bertz CT molecular complexity index is 458. The van der Waals surface area contributed by atoms with Crippen LogP contribution in [0.25, 0.3) is 0 Å². The van der Waals surface area contributed by atoms with Crippen LogP contribution in [0.3, 0.4) is 0 Å². The number of ether oxygens (including phenoxy) is 1. The number of pyridine rings is 1. The third-order valence-corrected chi connectivity index (χ3v) is 3.42. The Morgan fingerprint density at radius 2 is 2.23 bits per heavy atom. The molecule has 1 aromatic heterocycles. The smallest absolute Gasteiger partial charge is 0.213 e. The summed E-state index contributed by atoms with van der Waals surface area (Å²) in [6, 6.07) is 3.88. The van der Waals surface area contributed by atoms with Crippen molar-refractivity contribution < 1.29 is 4.74 Å². The number of nitrogens with two attached hydrogens (primary N) is 1. The highest BCUT2D eigenvalue weighted by molar-refractivity contribution is 14.0. The minimum atomic E-state index is 0. The molecule has 5 nitrogen and oxygen atoms in total. The van der Waals surface area contributed by atoms with E-state index >= 15 is 0 Å². The number of aliphatic imine (C=N–C) groups is 1. The summed E-state index contributed by atoms with van der Waals surface area (Å²) in [4.78, 5) is 8.60. The van der Waals surface area contributed by atoms with Gasteiger partial charge < -0.3 is 15.8 Å². The topological polar surface area (TPSA) is 72.5 Å². The molecule has 0 atom stereocenters. The Balaban J connectivity index is 0.00000242. The number of hydrogen-bond donors (Lipinski definition) is 2. The molecule has 0 aromatic carbocycles. The third kappa shape index (κ3) is 7.82. The minimum absolute atomic E-state index is 0. The highest BCUT2D eigenvalue weighted by atomic mass is 127. The molecule has 1 aromatic rings. The van der Waals surface area contributed by atoms with E-state index in [0.29, 0.717) is 24.3 Å². The highest BCUT2D eigenvalue weighted by Gasteiger charge is 2.21. The van der Waals surface area contributed by atoms with Crippen molar-refractivity contribution in [2.24, 2.45) is 22.6 Å². The van der Waals surface area contributed by atoms with Gasteiger partial charge in [0.15, 0.2) is 5.96 Å². The van der Waals surface area contributed by atoms with E-state index in [1.54, 1.807) is 6.20 Å². The molecule has 0 saturated heterocycles. The molecule has 1 aliphatic carbocycles. The molecule has 1 fully saturated rings. The van der Waals surface area contributed by atoms with Gasteiger partial charge in [0.05, 0.1) is 13.2 Å². The van der Waals surface area contributed by atoms with Gasteiger partial charge in [0.1, 0.15) is 0 Å². The van der Waals surface area contributed by atoms with E-state index in [1.807, 2.05) is 12.1 Å². The van der Waals surface area contributed by atoms with Crippen molar-refractivity contribution in [2.75, 3.05) is 13.2 Å². The third-order valence-electron chi connectivity index (χ3n) is 3.42. The summed E-state index contributed by atoms with van der Waals surface area (Å²) in [7, 11) is 0. The van der Waals surface area contributed by atoms with Crippen LogP contribution in [0, 0.1) is 11.8 Å². The van der Waals surface area contributed by atoms with E-state index in [1.165, 1.54) is 12.8 Å². The molecule has 0 aliphatic heterocycles. The molecule has 0 bridgehead atoms. The standard InChI is InChI=1S/C16H26N4O.HI/c1-12(2)7-8-18-16(17)20-10-14-5-6-15(19-9-14)21-11-13-3-4-13;/h5-6,9,12-13H,3-4,7-8,10-11H2,1-2H3,(H3,17,18,20);1H. The van der Waals surface area contributed by atoms with Crippen LogP contribution >= 0.6 is 24.0 Å². The molecule has 0 radical (unpaired) electrons. The Morgan fingerprint density at radius 3 is 2.82 bits per heavy atom. The zero-order valence-corrected chi connectivity index (χ0v) is 15.7. The van der Waals surface area contributed by atoms with Crippen molar-refractivity contribution in [2.45, 2.75) is 39.7 Å². The number of rotatable bonds is 8. The van der Waals surface area contributed by atoms with E-state index in [9.17, 15) is 0 Å². The van der Waals surface area contributed by atoms with Crippen molar-refractivity contribution in [3.05, 3.63) is 23.9 Å². The molecule has 0 unspecified atom stereocenters. The summed E-state index contributed by atoms with van der Waals surface area (Å²) in [5, 5.41) is 3.12. The van der Waals surface area contributed by atoms with Crippen molar-refractivity contribution in [3.8, 4) is 5.88 Å². The van der Waals surface area contributed by atoms with Gasteiger partial charge in [-0.2, -0.15) is 0 Å². The van der Waals surface area contributed by atoms with Crippen LogP contribution < -0.4 is 15.8 Å². The van der Waals surface area contributed by atoms with E-state index in [-0.39, 0.29) is 24.0 Å². The highest BCUT2D eigenvalue weighted by Crippen LogP contribution is 2.29. The quantitative estimate of drug-likeness (QED) is 0.387. The van der Waals surface area contributed by atoms with Gasteiger partial charge in [-0.15, -0.1) is 24.0 Å². The second-order valence-electron chi connectivity index (χ2n) is 6.07. The maximum absolute atomic E-state index is 5.82. The summed E-state index contributed by atoms with van der Waals surface area (Å²) in [6.07, 6.45) is 5.46. The molecule has 6 heteroatoms. The largest absolute Gasteiger partial charge is 0.477 e. The Labute approximate surface area is 150 Å². The lowest BCUT2D eigenvalue weighted by molar-refractivity contribution is 0.288. The zero-order valence-electron chi connectivity index (χ0n) is 13.4. The predicted octanol–water partition coefficient (Wildman–Crippen LogP) is 2.94. The Morgan fingerprint density at radius 1 is 1.45 bits per heavy atom. The van der Waals surface area contributed by atoms with Gasteiger partial charge in [-0.1, -0.05) is 19.9 Å². The molecule has 3 N–H and O–H groups in total. The average Bonchev–Trinajstić information content (AvgIpc) is 3.28. The van der Waals surface area contributed by atoms with E-state index in [4.69, 9.17) is 10.5 Å². The fourth-order valence-corrected chi connectivity index (χ4v) is 1.80. The zero-order chi connectivity index (χ0) is 15.1. The molecule has 1 heterocycles. The van der Waals surface area contributed by atoms with Crippen molar-refractivity contribution >= 4 is 29.9 Å². The van der Waals surface area contributed by atoms with E-state index in [2.05, 4.69) is 29.1 Å². The summed E-state index contributed by atoms with van der Waals surface area (Å²) in [5.74, 6) is 2.59. The number of aromatic nitrogens is 1. The van der Waals surface area contributed by atoms with Gasteiger partial charge in [0.25, 0.3) is 0 Å². The van der Waals surface area contributed by atoms with Crippen molar-refractivity contribution in [1.29, 1.82) is 0 Å². The predicted molar refractivity (Wildman–Crippen MR) is 101 cm³/mol. The van der Waals surface area contributed by atoms with Gasteiger partial charge in [0.2, 0.25) is 5.88 Å². The van der Waals surface area contributed by atoms with Crippen LogP contribution in [0.4, 0.5) is 0 Å². The molecule has 0 amide bonds. The fraction of sp³-hybridized carbons (Fsp3) is 0.625. The lowest BCUT2D eigenvalue weighted by Crippen LogP contribution is -2.32. The van der Waals surface area contributed by atoms with Gasteiger partial charge in [0, 0.05) is 18.8 Å². The number of hydrogen-bond acceptors (Lipinski definition) is 3. The molecular weight excluding hydrogens is 391 g/mol. The van der Waals surface area contributed by atoms with Crippen LogP contribution in [0.5, 0.6) is 5.88 Å². The number of halogens is 1. The first-order valence-electron chi connectivity index (χ1n) is 7.75. The molecule has 22 heavy (non-hydrogen) atoms. The first-order valence-corrected chi connectivity index (χ1v) is 7.75. The summed E-state index contributed by atoms with van der Waals surface area (Å²) < 4.78 is 5.60. The van der Waals surface area contributed by atoms with Crippen LogP contribution in [-0.4, -0.2) is 24.1 Å². The molecule has 124 valence electrons. The lowest BCUT2D eigenvalue weighted by Gasteiger charge is -2.07. The van der Waals surface area contributed by atoms with Crippen molar-refractivity contribution in [1.82, 2.24) is 10.3 Å². The molecule has 0 spiro atoms. The Kier molecular flexibility index (Phi) is 8.52. The fourth-order valence-electron chi connectivity index (χ4n) is 1.80. The van der Waals surface area contributed by atoms with Gasteiger partial charge >= 0.3 is 0 Å². The SMILES string of the molecule is CC(C)CCNC(N)=NCc1ccc(OCC2CC2)nc1.I. The molecule has 1 aliphatic rings. The monoisotopic (exact) mass is 418 g/mol. The summed E-state index contributed by atoms with van der Waals surface area (Å²) >= 11 is 0. The second kappa shape index (κ2) is 9.86. The van der Waals surface area contributed by atoms with Gasteiger partial charge in [-0.05, 0) is 36.7 Å². The minimum Gasteiger partial charge on any atom is -0.477 e. The van der Waals surface area contributed by atoms with E-state index in [0.717, 1.165) is 31.1 Å².